The fraction of sp³-hybridized carbons (Fsp3) is 0.846. The lowest BCUT2D eigenvalue weighted by atomic mass is 9.77. The molecule has 2 amide bonds. The number of rotatable bonds is 7. The predicted molar refractivity (Wildman–Crippen MR) is 69.4 cm³/mol. The number of carbonyl (C=O) groups is 2. The van der Waals surface area contributed by atoms with Crippen LogP contribution >= 0.6 is 0 Å². The molecule has 0 heterocycles. The Bertz CT molecular complexity index is 299. The monoisotopic (exact) mass is 256 g/mol. The molecule has 104 valence electrons. The summed E-state index contributed by atoms with van der Waals surface area (Å²) in [5.41, 5.74) is -1.01. The van der Waals surface area contributed by atoms with Gasteiger partial charge in [-0.25, -0.2) is 9.59 Å². The molecule has 5 nitrogen and oxygen atoms in total. The SMILES string of the molecule is CC(C)CCCCNC(=O)NC1(C(=O)O)CCC1. The minimum atomic E-state index is -1.01. The third kappa shape index (κ3) is 4.20. The van der Waals surface area contributed by atoms with Gasteiger partial charge in [0.05, 0.1) is 0 Å². The molecular weight excluding hydrogens is 232 g/mol. The zero-order valence-corrected chi connectivity index (χ0v) is 11.3. The summed E-state index contributed by atoms with van der Waals surface area (Å²) in [5, 5.41) is 14.4. The number of nitrogens with one attached hydrogen (secondary N) is 2. The molecule has 0 aromatic heterocycles. The third-order valence-electron chi connectivity index (χ3n) is 3.46. The van der Waals surface area contributed by atoms with Crippen LogP contribution in [-0.4, -0.2) is 29.2 Å². The first-order chi connectivity index (χ1) is 8.46. The van der Waals surface area contributed by atoms with Gasteiger partial charge < -0.3 is 15.7 Å². The van der Waals surface area contributed by atoms with Gasteiger partial charge in [-0.15, -0.1) is 0 Å². The number of aliphatic carboxylic acids is 1. The van der Waals surface area contributed by atoms with E-state index in [0.29, 0.717) is 25.3 Å². The van der Waals surface area contributed by atoms with Crippen molar-refractivity contribution in [3.63, 3.8) is 0 Å². The Kier molecular flexibility index (Phi) is 5.44. The first-order valence-corrected chi connectivity index (χ1v) is 6.76. The van der Waals surface area contributed by atoms with E-state index in [-0.39, 0.29) is 6.03 Å². The third-order valence-corrected chi connectivity index (χ3v) is 3.46. The topological polar surface area (TPSA) is 78.4 Å². The molecule has 1 aliphatic carbocycles. The van der Waals surface area contributed by atoms with Crippen LogP contribution in [-0.2, 0) is 4.79 Å². The van der Waals surface area contributed by atoms with E-state index in [1.54, 1.807) is 0 Å². The Hall–Kier alpha value is -1.26. The first-order valence-electron chi connectivity index (χ1n) is 6.76. The van der Waals surface area contributed by atoms with Crippen molar-refractivity contribution in [1.82, 2.24) is 10.6 Å². The molecule has 0 aliphatic heterocycles. The second-order valence-corrected chi connectivity index (χ2v) is 5.51. The fourth-order valence-corrected chi connectivity index (χ4v) is 2.06. The fourth-order valence-electron chi connectivity index (χ4n) is 2.06. The van der Waals surface area contributed by atoms with Gasteiger partial charge in [-0.3, -0.25) is 0 Å². The quantitative estimate of drug-likeness (QED) is 0.610. The van der Waals surface area contributed by atoms with Crippen molar-refractivity contribution >= 4 is 12.0 Å². The molecule has 1 saturated carbocycles. The highest BCUT2D eigenvalue weighted by atomic mass is 16.4. The summed E-state index contributed by atoms with van der Waals surface area (Å²) in [6, 6.07) is -0.360. The molecule has 1 fully saturated rings. The summed E-state index contributed by atoms with van der Waals surface area (Å²) in [6.07, 6.45) is 5.10. The Balaban J connectivity index is 2.16. The summed E-state index contributed by atoms with van der Waals surface area (Å²) >= 11 is 0. The summed E-state index contributed by atoms with van der Waals surface area (Å²) < 4.78 is 0. The number of carboxylic acid groups (broad SMARTS) is 1. The van der Waals surface area contributed by atoms with Gasteiger partial charge in [0.15, 0.2) is 0 Å². The highest BCUT2D eigenvalue weighted by molar-refractivity contribution is 5.87. The van der Waals surface area contributed by atoms with E-state index in [1.165, 1.54) is 0 Å². The second-order valence-electron chi connectivity index (χ2n) is 5.51. The van der Waals surface area contributed by atoms with E-state index in [2.05, 4.69) is 24.5 Å². The lowest BCUT2D eigenvalue weighted by Crippen LogP contribution is -2.61. The van der Waals surface area contributed by atoms with Crippen LogP contribution in [0, 0.1) is 5.92 Å². The molecule has 0 aromatic carbocycles. The van der Waals surface area contributed by atoms with E-state index < -0.39 is 11.5 Å². The van der Waals surface area contributed by atoms with Crippen molar-refractivity contribution in [2.45, 2.75) is 57.9 Å². The molecule has 0 atom stereocenters. The molecule has 0 bridgehead atoms. The van der Waals surface area contributed by atoms with Gasteiger partial charge in [0.2, 0.25) is 0 Å². The number of hydrogen-bond acceptors (Lipinski definition) is 2. The van der Waals surface area contributed by atoms with Crippen molar-refractivity contribution in [2.75, 3.05) is 6.54 Å². The average molecular weight is 256 g/mol. The normalized spacial score (nSPS) is 17.1. The van der Waals surface area contributed by atoms with Gasteiger partial charge in [0.1, 0.15) is 5.54 Å². The molecule has 0 unspecified atom stereocenters. The lowest BCUT2D eigenvalue weighted by Gasteiger charge is -2.38. The number of carbonyl (C=O) groups excluding carboxylic acids is 1. The molecule has 0 spiro atoms. The second kappa shape index (κ2) is 6.61. The van der Waals surface area contributed by atoms with Crippen molar-refractivity contribution in [3.8, 4) is 0 Å². The molecule has 5 heteroatoms. The van der Waals surface area contributed by atoms with Crippen LogP contribution < -0.4 is 10.6 Å². The van der Waals surface area contributed by atoms with Crippen LogP contribution in [0.2, 0.25) is 0 Å². The number of carboxylic acids is 1. The maximum atomic E-state index is 11.6. The maximum Gasteiger partial charge on any atom is 0.329 e. The Morgan fingerprint density at radius 1 is 1.28 bits per heavy atom. The lowest BCUT2D eigenvalue weighted by molar-refractivity contribution is -0.148. The molecule has 0 radical (unpaired) electrons. The molecule has 0 saturated heterocycles. The molecule has 1 rings (SSSR count). The smallest absolute Gasteiger partial charge is 0.329 e. The van der Waals surface area contributed by atoms with Crippen molar-refractivity contribution in [3.05, 3.63) is 0 Å². The standard InChI is InChI=1S/C13H24N2O3/c1-10(2)6-3-4-9-14-12(18)15-13(11(16)17)7-5-8-13/h10H,3-9H2,1-2H3,(H,16,17)(H2,14,15,18). The number of amides is 2. The van der Waals surface area contributed by atoms with Gasteiger partial charge in [-0.1, -0.05) is 26.7 Å². The number of unbranched alkanes of at least 4 members (excludes halogenated alkanes) is 1. The van der Waals surface area contributed by atoms with Crippen molar-refractivity contribution in [1.29, 1.82) is 0 Å². The Labute approximate surface area is 108 Å². The molecular formula is C13H24N2O3. The molecule has 0 aromatic rings. The highest BCUT2D eigenvalue weighted by Crippen LogP contribution is 2.31. The van der Waals surface area contributed by atoms with Gasteiger partial charge in [0.25, 0.3) is 0 Å². The van der Waals surface area contributed by atoms with Crippen LogP contribution in [0.25, 0.3) is 0 Å². The molecule has 1 aliphatic rings. The van der Waals surface area contributed by atoms with Gasteiger partial charge in [-0.2, -0.15) is 0 Å². The predicted octanol–water partition coefficient (Wildman–Crippen LogP) is 2.12. The number of hydrogen-bond donors (Lipinski definition) is 3. The van der Waals surface area contributed by atoms with Crippen LogP contribution in [0.4, 0.5) is 4.79 Å². The summed E-state index contributed by atoms with van der Waals surface area (Å²) in [6.45, 7) is 4.95. The van der Waals surface area contributed by atoms with Crippen LogP contribution in [0.5, 0.6) is 0 Å². The minimum Gasteiger partial charge on any atom is -0.480 e. The van der Waals surface area contributed by atoms with Crippen LogP contribution in [0.3, 0.4) is 0 Å². The largest absolute Gasteiger partial charge is 0.480 e. The first kappa shape index (κ1) is 14.8. The van der Waals surface area contributed by atoms with E-state index in [0.717, 1.165) is 25.7 Å². The summed E-state index contributed by atoms with van der Waals surface area (Å²) in [5.74, 6) is -0.243. The molecule has 3 N–H and O–H groups in total. The van der Waals surface area contributed by atoms with Gasteiger partial charge >= 0.3 is 12.0 Å². The van der Waals surface area contributed by atoms with Crippen LogP contribution in [0.15, 0.2) is 0 Å². The Morgan fingerprint density at radius 2 is 1.94 bits per heavy atom. The maximum absolute atomic E-state index is 11.6. The van der Waals surface area contributed by atoms with Gasteiger partial charge in [-0.05, 0) is 31.6 Å². The zero-order valence-electron chi connectivity index (χ0n) is 11.3. The van der Waals surface area contributed by atoms with E-state index >= 15 is 0 Å². The van der Waals surface area contributed by atoms with Crippen molar-refractivity contribution < 1.29 is 14.7 Å². The zero-order chi connectivity index (χ0) is 13.6. The van der Waals surface area contributed by atoms with E-state index in [1.807, 2.05) is 0 Å². The average Bonchev–Trinajstić information content (AvgIpc) is 2.22. The van der Waals surface area contributed by atoms with Crippen molar-refractivity contribution in [2.24, 2.45) is 5.92 Å². The van der Waals surface area contributed by atoms with E-state index in [9.17, 15) is 9.59 Å². The summed E-state index contributed by atoms with van der Waals surface area (Å²) in [4.78, 5) is 22.6. The van der Waals surface area contributed by atoms with E-state index in [4.69, 9.17) is 5.11 Å². The van der Waals surface area contributed by atoms with Crippen LogP contribution in [0.1, 0.15) is 52.4 Å². The number of urea groups is 1. The Morgan fingerprint density at radius 3 is 2.39 bits per heavy atom. The minimum absolute atomic E-state index is 0.360. The van der Waals surface area contributed by atoms with Gasteiger partial charge in [0, 0.05) is 6.54 Å². The highest BCUT2D eigenvalue weighted by Gasteiger charge is 2.45. The molecule has 18 heavy (non-hydrogen) atoms. The summed E-state index contributed by atoms with van der Waals surface area (Å²) in [7, 11) is 0.